The molecular weight excluding hydrogens is 782 g/mol. The molecule has 296 valence electrons. The number of carbonyl (C=O) groups is 4. The van der Waals surface area contributed by atoms with Gasteiger partial charge in [-0.1, -0.05) is 64.5 Å². The van der Waals surface area contributed by atoms with Gasteiger partial charge in [-0.15, -0.1) is 10.1 Å². The Kier molecular flexibility index (Phi) is 18.7. The molecule has 0 heterocycles. The van der Waals surface area contributed by atoms with Crippen LogP contribution in [0.15, 0.2) is 72.8 Å². The summed E-state index contributed by atoms with van der Waals surface area (Å²) < 4.78 is 30.4. The number of halogens is 1. The Morgan fingerprint density at radius 1 is 0.600 bits per heavy atom. The summed E-state index contributed by atoms with van der Waals surface area (Å²) in [6.07, 6.45) is 2.49. The number of benzene rings is 4. The summed E-state index contributed by atoms with van der Waals surface area (Å²) in [6.45, 7) is 2.96. The molecule has 0 amide bonds. The van der Waals surface area contributed by atoms with E-state index in [2.05, 4.69) is 20.8 Å². The number of hydrogen-bond donors (Lipinski definition) is 0. The minimum atomic E-state index is -0.876. The van der Waals surface area contributed by atoms with Gasteiger partial charge in [0.15, 0.2) is 13.2 Å². The third-order valence-electron chi connectivity index (χ3n) is 8.30. The maximum atomic E-state index is 12.2. The molecule has 2 atom stereocenters. The topological polar surface area (TPSA) is 176 Å². The molecular formula is C40H46BrNO13. The highest BCUT2D eigenvalue weighted by molar-refractivity contribution is 9.09. The van der Waals surface area contributed by atoms with Crippen LogP contribution in [0.3, 0.4) is 0 Å². The van der Waals surface area contributed by atoms with Crippen molar-refractivity contribution in [3.63, 3.8) is 0 Å². The molecule has 15 heteroatoms. The van der Waals surface area contributed by atoms with Gasteiger partial charge in [-0.05, 0) is 96.5 Å². The number of methoxy groups -OCH3 is 2. The summed E-state index contributed by atoms with van der Waals surface area (Å²) in [5.74, 6) is -1.66. The maximum absolute atomic E-state index is 12.2. The average molecular weight is 829 g/mol. The maximum Gasteiger partial charge on any atom is 0.344 e. The number of carbonyl (C=O) groups excluding carboxylic acids is 4. The Hall–Kier alpha value is -5.44. The molecule has 2 unspecified atom stereocenters. The third kappa shape index (κ3) is 15.1. The minimum absolute atomic E-state index is 0.0599. The van der Waals surface area contributed by atoms with E-state index in [-0.39, 0.29) is 19.8 Å². The van der Waals surface area contributed by atoms with Gasteiger partial charge >= 0.3 is 23.9 Å². The van der Waals surface area contributed by atoms with Crippen molar-refractivity contribution in [1.29, 1.82) is 0 Å². The molecule has 0 bridgehead atoms. The second-order valence-corrected chi connectivity index (χ2v) is 13.0. The Morgan fingerprint density at radius 3 is 1.42 bits per heavy atom. The van der Waals surface area contributed by atoms with Crippen LogP contribution in [0.1, 0.15) is 62.5 Å². The lowest BCUT2D eigenvalue weighted by Gasteiger charge is -2.13. The number of ether oxygens (including phenoxy) is 6. The third-order valence-corrected chi connectivity index (χ3v) is 8.86. The second-order valence-electron chi connectivity index (χ2n) is 12.2. The van der Waals surface area contributed by atoms with Gasteiger partial charge in [-0.25, -0.2) is 9.59 Å². The summed E-state index contributed by atoms with van der Waals surface area (Å²) in [4.78, 5) is 61.8. The molecule has 0 aliphatic heterocycles. The SMILES string of the molecule is COc1ccc2cc(C(C)C(=O)OCC(=O)OCCCCBr)ccc2c1.COc1ccc2cc(C(C)C(=O)OCC(=O)OCCCCO[N+](=O)[O-])ccc2c1. The first kappa shape index (κ1) is 44.0. The van der Waals surface area contributed by atoms with Crippen molar-refractivity contribution in [2.75, 3.05) is 52.6 Å². The predicted molar refractivity (Wildman–Crippen MR) is 207 cm³/mol. The highest BCUT2D eigenvalue weighted by Gasteiger charge is 2.20. The number of unbranched alkanes of at least 4 members (excludes halogenated alkanes) is 2. The van der Waals surface area contributed by atoms with E-state index in [0.29, 0.717) is 19.4 Å². The average Bonchev–Trinajstić information content (AvgIpc) is 3.20. The Bertz CT molecular complexity index is 1900. The standard InChI is InChI=1S/C20H23BrO5.C20H23NO8/c1-14(20(23)26-13-19(22)25-10-4-3-9-21)15-5-6-17-12-18(24-2)8-7-16(17)11-15;1-14(15-5-6-17-12-18(26-2)8-7-16(17)11-15)20(23)28-13-19(22)27-9-3-4-10-29-21(24)25/h5-8,11-12,14H,3-4,9-10,13H2,1-2H3;5-8,11-12,14H,3-4,9-10,13H2,1-2H3. The fraction of sp³-hybridized carbons (Fsp3) is 0.400. The molecule has 0 radical (unpaired) electrons. The number of fused-ring (bicyclic) bond motifs is 2. The molecule has 0 aliphatic carbocycles. The Labute approximate surface area is 327 Å². The lowest BCUT2D eigenvalue weighted by atomic mass is 9.98. The van der Waals surface area contributed by atoms with Crippen molar-refractivity contribution >= 4 is 61.4 Å². The van der Waals surface area contributed by atoms with Crippen molar-refractivity contribution in [3.8, 4) is 11.5 Å². The van der Waals surface area contributed by atoms with Crippen LogP contribution in [-0.4, -0.2) is 81.5 Å². The van der Waals surface area contributed by atoms with E-state index in [9.17, 15) is 29.3 Å². The molecule has 0 spiro atoms. The Balaban J connectivity index is 0.000000297. The number of rotatable bonds is 20. The summed E-state index contributed by atoms with van der Waals surface area (Å²) in [7, 11) is 3.23. The van der Waals surface area contributed by atoms with E-state index in [0.717, 1.165) is 62.3 Å². The first-order valence-electron chi connectivity index (χ1n) is 17.6. The molecule has 0 fully saturated rings. The molecule has 4 aromatic carbocycles. The molecule has 14 nitrogen and oxygen atoms in total. The van der Waals surface area contributed by atoms with Crippen molar-refractivity contribution in [2.24, 2.45) is 0 Å². The van der Waals surface area contributed by atoms with Crippen molar-refractivity contribution < 1.29 is 57.5 Å². The van der Waals surface area contributed by atoms with E-state index < -0.39 is 47.4 Å². The number of nitrogens with zero attached hydrogens (tertiary/aromatic N) is 1. The van der Waals surface area contributed by atoms with Gasteiger partial charge in [0.25, 0.3) is 5.09 Å². The molecule has 0 N–H and O–H groups in total. The second kappa shape index (κ2) is 23.4. The first-order chi connectivity index (χ1) is 26.4. The van der Waals surface area contributed by atoms with Gasteiger partial charge in [0.1, 0.15) is 11.5 Å². The van der Waals surface area contributed by atoms with Gasteiger partial charge in [-0.2, -0.15) is 0 Å². The van der Waals surface area contributed by atoms with Crippen LogP contribution in [0, 0.1) is 10.1 Å². The van der Waals surface area contributed by atoms with Crippen molar-refractivity contribution in [3.05, 3.63) is 94.0 Å². The largest absolute Gasteiger partial charge is 0.497 e. The van der Waals surface area contributed by atoms with E-state index in [1.807, 2.05) is 72.8 Å². The van der Waals surface area contributed by atoms with Crippen LogP contribution in [0.4, 0.5) is 0 Å². The number of hydrogen-bond acceptors (Lipinski definition) is 13. The summed E-state index contributed by atoms with van der Waals surface area (Å²) in [5, 5.41) is 14.0. The fourth-order valence-corrected chi connectivity index (χ4v) is 5.45. The van der Waals surface area contributed by atoms with Crippen LogP contribution >= 0.6 is 15.9 Å². The number of esters is 4. The predicted octanol–water partition coefficient (Wildman–Crippen LogP) is 7.24. The van der Waals surface area contributed by atoms with E-state index in [1.54, 1.807) is 28.1 Å². The Morgan fingerprint density at radius 2 is 1.00 bits per heavy atom. The minimum Gasteiger partial charge on any atom is -0.497 e. The number of alkyl halides is 1. The van der Waals surface area contributed by atoms with Crippen LogP contribution in [0.5, 0.6) is 11.5 Å². The highest BCUT2D eigenvalue weighted by Crippen LogP contribution is 2.27. The van der Waals surface area contributed by atoms with E-state index >= 15 is 0 Å². The molecule has 0 aliphatic rings. The van der Waals surface area contributed by atoms with E-state index in [1.165, 1.54) is 0 Å². The van der Waals surface area contributed by atoms with Crippen LogP contribution < -0.4 is 9.47 Å². The molecule has 0 saturated heterocycles. The normalized spacial score (nSPS) is 11.7. The molecule has 55 heavy (non-hydrogen) atoms. The van der Waals surface area contributed by atoms with Gasteiger partial charge < -0.3 is 33.3 Å². The lowest BCUT2D eigenvalue weighted by molar-refractivity contribution is -0.757. The van der Waals surface area contributed by atoms with Crippen LogP contribution in [-0.2, 0) is 43.0 Å². The van der Waals surface area contributed by atoms with Crippen molar-refractivity contribution in [1.82, 2.24) is 0 Å². The zero-order valence-corrected chi connectivity index (χ0v) is 32.9. The zero-order valence-electron chi connectivity index (χ0n) is 31.3. The molecule has 4 aromatic rings. The van der Waals surface area contributed by atoms with Crippen molar-refractivity contribution in [2.45, 2.75) is 51.4 Å². The van der Waals surface area contributed by atoms with E-state index in [4.69, 9.17) is 28.4 Å². The van der Waals surface area contributed by atoms with Gasteiger partial charge in [0.05, 0.1) is 45.9 Å². The smallest absolute Gasteiger partial charge is 0.344 e. The highest BCUT2D eigenvalue weighted by atomic mass is 79.9. The van der Waals surface area contributed by atoms with Crippen LogP contribution in [0.25, 0.3) is 21.5 Å². The van der Waals surface area contributed by atoms with Gasteiger partial charge in [-0.3, -0.25) is 9.59 Å². The fourth-order valence-electron chi connectivity index (χ4n) is 5.05. The van der Waals surface area contributed by atoms with Gasteiger partial charge in [0, 0.05) is 5.33 Å². The summed E-state index contributed by atoms with van der Waals surface area (Å²) in [6, 6.07) is 22.8. The monoisotopic (exact) mass is 827 g/mol. The zero-order chi connectivity index (χ0) is 40.2. The first-order valence-corrected chi connectivity index (χ1v) is 18.7. The molecule has 0 saturated carbocycles. The quantitative estimate of drug-likeness (QED) is 0.0218. The van der Waals surface area contributed by atoms with Crippen LogP contribution in [0.2, 0.25) is 0 Å². The van der Waals surface area contributed by atoms with Gasteiger partial charge in [0.2, 0.25) is 0 Å². The lowest BCUT2D eigenvalue weighted by Crippen LogP contribution is -2.20. The summed E-state index contributed by atoms with van der Waals surface area (Å²) in [5.41, 5.74) is 1.60. The molecule has 4 rings (SSSR count). The molecule has 0 aromatic heterocycles. The summed E-state index contributed by atoms with van der Waals surface area (Å²) >= 11 is 3.31.